The van der Waals surface area contributed by atoms with Gasteiger partial charge in [0.1, 0.15) is 17.6 Å². The van der Waals surface area contributed by atoms with E-state index in [1.807, 2.05) is 0 Å². The molecule has 1 aliphatic rings. The highest BCUT2D eigenvalue weighted by Crippen LogP contribution is 2.22. The molecule has 1 saturated heterocycles. The van der Waals surface area contributed by atoms with Gasteiger partial charge in [0.15, 0.2) is 0 Å². The van der Waals surface area contributed by atoms with Crippen molar-refractivity contribution in [3.63, 3.8) is 0 Å². The summed E-state index contributed by atoms with van der Waals surface area (Å²) in [5.74, 6) is 0.295. The zero-order chi connectivity index (χ0) is 15.2. The summed E-state index contributed by atoms with van der Waals surface area (Å²) in [6.07, 6.45) is -0.664. The van der Waals surface area contributed by atoms with Crippen molar-refractivity contribution in [3.05, 3.63) is 35.8 Å². The second-order valence-electron chi connectivity index (χ2n) is 4.55. The van der Waals surface area contributed by atoms with Crippen molar-refractivity contribution >= 4 is 0 Å². The van der Waals surface area contributed by atoms with Gasteiger partial charge in [-0.05, 0) is 43.7 Å². The minimum absolute atomic E-state index is 0.0305. The fourth-order valence-electron chi connectivity index (χ4n) is 1.81. The molecular weight excluding hydrogens is 271 g/mol. The molecule has 0 amide bonds. The third-order valence-corrected chi connectivity index (χ3v) is 2.85. The van der Waals surface area contributed by atoms with Gasteiger partial charge >= 0.3 is 6.18 Å². The van der Waals surface area contributed by atoms with E-state index in [1.54, 1.807) is 0 Å². The van der Waals surface area contributed by atoms with Crippen LogP contribution in [-0.2, 0) is 4.74 Å². The minimum Gasteiger partial charge on any atom is -0.491 e. The summed E-state index contributed by atoms with van der Waals surface area (Å²) in [5.41, 5.74) is 9.38. The van der Waals surface area contributed by atoms with Crippen LogP contribution in [0.2, 0.25) is 0 Å². The van der Waals surface area contributed by atoms with Crippen molar-refractivity contribution in [2.24, 2.45) is 11.5 Å². The molecule has 0 atom stereocenters. The molecule has 1 aliphatic heterocycles. The number of alkyl halides is 3. The van der Waals surface area contributed by atoms with Gasteiger partial charge < -0.3 is 21.5 Å². The lowest BCUT2D eigenvalue weighted by atomic mass is 10.1. The highest BCUT2D eigenvalue weighted by atomic mass is 19.4. The van der Waals surface area contributed by atoms with Gasteiger partial charge in [0, 0.05) is 6.54 Å². The van der Waals surface area contributed by atoms with Gasteiger partial charge in [0.2, 0.25) is 0 Å². The van der Waals surface area contributed by atoms with E-state index in [2.05, 4.69) is 11.9 Å². The van der Waals surface area contributed by atoms with Crippen LogP contribution in [0.3, 0.4) is 0 Å². The number of ether oxygens (including phenoxy) is 1. The number of rotatable bonds is 5. The molecule has 0 unspecified atom stereocenters. The van der Waals surface area contributed by atoms with Crippen molar-refractivity contribution in [2.45, 2.75) is 25.1 Å². The summed E-state index contributed by atoms with van der Waals surface area (Å²) in [6, 6.07) is 0. The molecule has 1 heterocycles. The van der Waals surface area contributed by atoms with Gasteiger partial charge in [-0.15, -0.1) is 0 Å². The molecule has 0 aliphatic carbocycles. The first-order valence-corrected chi connectivity index (χ1v) is 6.34. The fraction of sp³-hybridized carbons (Fsp3) is 0.538. The van der Waals surface area contributed by atoms with Gasteiger partial charge in [-0.1, -0.05) is 6.58 Å². The molecular formula is C13H20F3N3O. The van der Waals surface area contributed by atoms with Crippen molar-refractivity contribution < 1.29 is 17.9 Å². The summed E-state index contributed by atoms with van der Waals surface area (Å²) in [7, 11) is 0. The summed E-state index contributed by atoms with van der Waals surface area (Å²) in [5, 5.41) is 3.19. The van der Waals surface area contributed by atoms with E-state index >= 15 is 0 Å². The third kappa shape index (κ3) is 5.66. The Morgan fingerprint density at radius 3 is 2.40 bits per heavy atom. The molecule has 0 aromatic carbocycles. The van der Waals surface area contributed by atoms with Crippen LogP contribution in [0.5, 0.6) is 0 Å². The first-order valence-electron chi connectivity index (χ1n) is 6.34. The lowest BCUT2D eigenvalue weighted by Crippen LogP contribution is -2.32. The average molecular weight is 291 g/mol. The van der Waals surface area contributed by atoms with Gasteiger partial charge in [0.25, 0.3) is 0 Å². The molecule has 0 saturated carbocycles. The van der Waals surface area contributed by atoms with E-state index in [1.165, 1.54) is 6.08 Å². The van der Waals surface area contributed by atoms with E-state index in [0.717, 1.165) is 32.0 Å². The quantitative estimate of drug-likeness (QED) is 0.531. The molecule has 1 fully saturated rings. The maximum Gasteiger partial charge on any atom is 0.430 e. The number of hydrogen-bond donors (Lipinski definition) is 3. The van der Waals surface area contributed by atoms with Crippen LogP contribution in [0.15, 0.2) is 35.8 Å². The fourth-order valence-corrected chi connectivity index (χ4v) is 1.81. The summed E-state index contributed by atoms with van der Waals surface area (Å²) >= 11 is 0. The first-order chi connectivity index (χ1) is 9.32. The predicted octanol–water partition coefficient (Wildman–Crippen LogP) is 1.56. The van der Waals surface area contributed by atoms with Crippen LogP contribution in [0.4, 0.5) is 13.2 Å². The number of allylic oxidation sites excluding steroid dienone is 2. The molecule has 0 radical (unpaired) electrons. The van der Waals surface area contributed by atoms with E-state index in [-0.39, 0.29) is 18.2 Å². The van der Waals surface area contributed by atoms with E-state index in [0.29, 0.717) is 5.76 Å². The van der Waals surface area contributed by atoms with Gasteiger partial charge in [-0.2, -0.15) is 13.2 Å². The zero-order valence-electron chi connectivity index (χ0n) is 11.2. The molecule has 0 bridgehead atoms. The predicted molar refractivity (Wildman–Crippen MR) is 71.6 cm³/mol. The highest BCUT2D eigenvalue weighted by Gasteiger charge is 2.31. The molecule has 20 heavy (non-hydrogen) atoms. The topological polar surface area (TPSA) is 73.3 Å². The normalized spacial score (nSPS) is 19.0. The van der Waals surface area contributed by atoms with Crippen LogP contribution in [-0.4, -0.2) is 31.9 Å². The second-order valence-corrected chi connectivity index (χ2v) is 4.55. The Bertz CT molecular complexity index is 396. The van der Waals surface area contributed by atoms with E-state index in [9.17, 15) is 13.2 Å². The maximum atomic E-state index is 12.3. The van der Waals surface area contributed by atoms with E-state index in [4.69, 9.17) is 16.2 Å². The minimum atomic E-state index is -4.56. The molecule has 1 rings (SSSR count). The van der Waals surface area contributed by atoms with Crippen molar-refractivity contribution in [1.29, 1.82) is 0 Å². The van der Waals surface area contributed by atoms with Crippen molar-refractivity contribution in [2.75, 3.05) is 19.6 Å². The summed E-state index contributed by atoms with van der Waals surface area (Å²) < 4.78 is 42.6. The smallest absolute Gasteiger partial charge is 0.430 e. The monoisotopic (exact) mass is 291 g/mol. The lowest BCUT2D eigenvalue weighted by Gasteiger charge is -2.24. The third-order valence-electron chi connectivity index (χ3n) is 2.85. The van der Waals surface area contributed by atoms with Gasteiger partial charge in [-0.3, -0.25) is 0 Å². The molecule has 0 spiro atoms. The van der Waals surface area contributed by atoms with Crippen LogP contribution < -0.4 is 16.8 Å². The van der Waals surface area contributed by atoms with Crippen molar-refractivity contribution in [1.82, 2.24) is 5.32 Å². The Balaban J connectivity index is 2.66. The zero-order valence-corrected chi connectivity index (χ0v) is 11.2. The lowest BCUT2D eigenvalue weighted by molar-refractivity contribution is -0.0926. The molecule has 5 N–H and O–H groups in total. The Labute approximate surface area is 116 Å². The average Bonchev–Trinajstić information content (AvgIpc) is 2.37. The molecule has 114 valence electrons. The molecule has 0 aromatic heterocycles. The van der Waals surface area contributed by atoms with Crippen LogP contribution in [0, 0.1) is 0 Å². The Kier molecular flexibility index (Phi) is 6.09. The SMILES string of the molecule is C=C(/C=C(\C=C(/N)C(F)(F)F)CN)OC1CCNCC1. The number of halogens is 3. The summed E-state index contributed by atoms with van der Waals surface area (Å²) in [6.45, 7) is 5.31. The Morgan fingerprint density at radius 1 is 1.30 bits per heavy atom. The molecule has 0 aromatic rings. The van der Waals surface area contributed by atoms with E-state index < -0.39 is 11.9 Å². The van der Waals surface area contributed by atoms with Gasteiger partial charge in [-0.25, -0.2) is 0 Å². The summed E-state index contributed by atoms with van der Waals surface area (Å²) in [4.78, 5) is 0. The number of hydrogen-bond acceptors (Lipinski definition) is 4. The highest BCUT2D eigenvalue weighted by molar-refractivity contribution is 5.30. The number of nitrogens with two attached hydrogens (primary N) is 2. The van der Waals surface area contributed by atoms with Crippen LogP contribution in [0.1, 0.15) is 12.8 Å². The van der Waals surface area contributed by atoms with Gasteiger partial charge in [0.05, 0.1) is 0 Å². The Hall–Kier alpha value is -1.47. The second kappa shape index (κ2) is 7.35. The largest absolute Gasteiger partial charge is 0.491 e. The first kappa shape index (κ1) is 16.6. The van der Waals surface area contributed by atoms with Crippen molar-refractivity contribution in [3.8, 4) is 0 Å². The number of piperidine rings is 1. The number of nitrogens with one attached hydrogen (secondary N) is 1. The standard InChI is InChI=1S/C13H20F3N3O/c1-9(20-11-2-4-19-5-3-11)6-10(8-17)7-12(18)13(14,15)16/h6-7,11,19H,1-5,8,17-18H2/b10-6+,12-7-. The maximum absolute atomic E-state index is 12.3. The Morgan fingerprint density at radius 2 is 1.90 bits per heavy atom. The van der Waals surface area contributed by atoms with Crippen LogP contribution in [0.25, 0.3) is 0 Å². The molecule has 7 heteroatoms. The van der Waals surface area contributed by atoms with Crippen LogP contribution >= 0.6 is 0 Å². The molecule has 4 nitrogen and oxygen atoms in total.